The van der Waals surface area contributed by atoms with Gasteiger partial charge in [0.25, 0.3) is 6.43 Å². The summed E-state index contributed by atoms with van der Waals surface area (Å²) in [5, 5.41) is 0. The second-order valence-electron chi connectivity index (χ2n) is 3.74. The summed E-state index contributed by atoms with van der Waals surface area (Å²) in [6.07, 6.45) is -1.81. The Morgan fingerprint density at radius 3 is 2.75 bits per heavy atom. The third kappa shape index (κ3) is 1.97. The Bertz CT molecular complexity index is 415. The van der Waals surface area contributed by atoms with Crippen LogP contribution in [0.15, 0.2) is 18.2 Å². The second-order valence-corrected chi connectivity index (χ2v) is 3.74. The van der Waals surface area contributed by atoms with E-state index in [4.69, 9.17) is 4.74 Å². The molecule has 4 heteroatoms. The number of hydrogen-bond acceptors (Lipinski definition) is 2. The lowest BCUT2D eigenvalue weighted by Crippen LogP contribution is -2.08. The number of Topliss-reactive ketones (excluding diaryl/α,β-unsaturated/α-hetero) is 1. The van der Waals surface area contributed by atoms with Crippen molar-refractivity contribution < 1.29 is 18.3 Å². The standard InChI is InChI=1S/C12H11F2O2/c1-7-2-3-8(12(13)14)6-9(7)11-10(15)4-5-16-11/h2-4,6,11-12H,5H2,1H3. The summed E-state index contributed by atoms with van der Waals surface area (Å²) >= 11 is 0. The predicted molar refractivity (Wildman–Crippen MR) is 54.1 cm³/mol. The number of alkyl halides is 2. The summed E-state index contributed by atoms with van der Waals surface area (Å²) in [6, 6.07) is 4.31. The van der Waals surface area contributed by atoms with Crippen LogP contribution in [0.1, 0.15) is 29.2 Å². The average molecular weight is 225 g/mol. The fourth-order valence-corrected chi connectivity index (χ4v) is 1.74. The molecular weight excluding hydrogens is 214 g/mol. The highest BCUT2D eigenvalue weighted by Crippen LogP contribution is 2.30. The van der Waals surface area contributed by atoms with Crippen LogP contribution in [0.4, 0.5) is 8.78 Å². The van der Waals surface area contributed by atoms with Crippen LogP contribution in [-0.4, -0.2) is 12.4 Å². The molecule has 1 aromatic carbocycles. The van der Waals surface area contributed by atoms with Gasteiger partial charge in [-0.25, -0.2) is 8.78 Å². The van der Waals surface area contributed by atoms with Crippen molar-refractivity contribution in [2.75, 3.05) is 6.61 Å². The summed E-state index contributed by atoms with van der Waals surface area (Å²) in [4.78, 5) is 11.4. The van der Waals surface area contributed by atoms with E-state index in [0.717, 1.165) is 5.56 Å². The number of aryl methyl sites for hydroxylation is 1. The van der Waals surface area contributed by atoms with E-state index in [1.165, 1.54) is 18.6 Å². The quantitative estimate of drug-likeness (QED) is 0.773. The first-order chi connectivity index (χ1) is 7.59. The smallest absolute Gasteiger partial charge is 0.263 e. The Hall–Kier alpha value is -1.29. The molecule has 2 rings (SSSR count). The molecule has 1 atom stereocenters. The predicted octanol–water partition coefficient (Wildman–Crippen LogP) is 2.78. The number of ketones is 1. The monoisotopic (exact) mass is 225 g/mol. The number of rotatable bonds is 2. The minimum absolute atomic E-state index is 0.0797. The van der Waals surface area contributed by atoms with E-state index >= 15 is 0 Å². The molecule has 0 spiro atoms. The van der Waals surface area contributed by atoms with Crippen LogP contribution in [-0.2, 0) is 9.53 Å². The minimum atomic E-state index is -2.53. The maximum absolute atomic E-state index is 12.5. The van der Waals surface area contributed by atoms with Crippen molar-refractivity contribution >= 4 is 5.78 Å². The Balaban J connectivity index is 2.38. The van der Waals surface area contributed by atoms with E-state index in [0.29, 0.717) is 5.56 Å². The van der Waals surface area contributed by atoms with Gasteiger partial charge in [0.05, 0.1) is 13.0 Å². The highest BCUT2D eigenvalue weighted by atomic mass is 19.3. The van der Waals surface area contributed by atoms with Gasteiger partial charge in [-0.2, -0.15) is 0 Å². The number of benzene rings is 1. The Labute approximate surface area is 92.2 Å². The highest BCUT2D eigenvalue weighted by molar-refractivity contribution is 5.93. The van der Waals surface area contributed by atoms with Crippen LogP contribution in [0.5, 0.6) is 0 Å². The van der Waals surface area contributed by atoms with Gasteiger partial charge in [-0.3, -0.25) is 4.79 Å². The molecular formula is C12H11F2O2. The van der Waals surface area contributed by atoms with Crippen LogP contribution >= 0.6 is 0 Å². The van der Waals surface area contributed by atoms with Crippen LogP contribution in [0.25, 0.3) is 0 Å². The number of hydrogen-bond donors (Lipinski definition) is 0. The molecule has 85 valence electrons. The zero-order chi connectivity index (χ0) is 11.7. The van der Waals surface area contributed by atoms with Gasteiger partial charge < -0.3 is 4.74 Å². The Kier molecular flexibility index (Phi) is 3.01. The zero-order valence-electron chi connectivity index (χ0n) is 8.74. The zero-order valence-corrected chi connectivity index (χ0v) is 8.74. The maximum atomic E-state index is 12.5. The molecule has 0 aromatic heterocycles. The first-order valence-electron chi connectivity index (χ1n) is 4.97. The van der Waals surface area contributed by atoms with E-state index in [2.05, 4.69) is 0 Å². The normalized spacial score (nSPS) is 20.8. The fraction of sp³-hybridized carbons (Fsp3) is 0.333. The highest BCUT2D eigenvalue weighted by Gasteiger charge is 2.29. The fourth-order valence-electron chi connectivity index (χ4n) is 1.74. The Morgan fingerprint density at radius 2 is 2.19 bits per heavy atom. The first-order valence-corrected chi connectivity index (χ1v) is 4.97. The van der Waals surface area contributed by atoms with Crippen molar-refractivity contribution in [2.45, 2.75) is 19.5 Å². The lowest BCUT2D eigenvalue weighted by molar-refractivity contribution is -0.120. The summed E-state index contributed by atoms with van der Waals surface area (Å²) in [5.41, 5.74) is 1.25. The topological polar surface area (TPSA) is 26.3 Å². The molecule has 1 heterocycles. The van der Waals surface area contributed by atoms with Crippen molar-refractivity contribution in [3.05, 3.63) is 41.3 Å². The van der Waals surface area contributed by atoms with Crippen LogP contribution < -0.4 is 0 Å². The van der Waals surface area contributed by atoms with Crippen molar-refractivity contribution in [3.8, 4) is 0 Å². The molecule has 1 radical (unpaired) electrons. The molecule has 0 bridgehead atoms. The molecule has 0 saturated carbocycles. The second kappa shape index (κ2) is 4.29. The maximum Gasteiger partial charge on any atom is 0.263 e. The van der Waals surface area contributed by atoms with Crippen molar-refractivity contribution in [1.29, 1.82) is 0 Å². The molecule has 1 aliphatic heterocycles. The molecule has 2 nitrogen and oxygen atoms in total. The van der Waals surface area contributed by atoms with E-state index in [9.17, 15) is 13.6 Å². The third-order valence-corrected chi connectivity index (χ3v) is 2.64. The number of ether oxygens (including phenoxy) is 1. The molecule has 16 heavy (non-hydrogen) atoms. The molecule has 1 saturated heterocycles. The summed E-state index contributed by atoms with van der Waals surface area (Å²) in [7, 11) is 0. The lowest BCUT2D eigenvalue weighted by Gasteiger charge is -2.13. The lowest BCUT2D eigenvalue weighted by atomic mass is 9.98. The average Bonchev–Trinajstić information content (AvgIpc) is 2.65. The van der Waals surface area contributed by atoms with E-state index < -0.39 is 12.5 Å². The number of carbonyl (C=O) groups is 1. The summed E-state index contributed by atoms with van der Waals surface area (Å²) in [6.45, 7) is 2.03. The third-order valence-electron chi connectivity index (χ3n) is 2.64. The first kappa shape index (κ1) is 11.2. The molecule has 1 aromatic rings. The van der Waals surface area contributed by atoms with Crippen LogP contribution in [0.2, 0.25) is 0 Å². The molecule has 1 aliphatic rings. The number of carbonyl (C=O) groups excluding carboxylic acids is 1. The number of halogens is 2. The summed E-state index contributed by atoms with van der Waals surface area (Å²) in [5.74, 6) is -0.158. The van der Waals surface area contributed by atoms with Crippen molar-refractivity contribution in [2.24, 2.45) is 0 Å². The minimum Gasteiger partial charge on any atom is -0.365 e. The Morgan fingerprint density at radius 1 is 1.44 bits per heavy atom. The molecule has 0 N–H and O–H groups in total. The van der Waals surface area contributed by atoms with Gasteiger partial charge in [-0.1, -0.05) is 12.1 Å². The van der Waals surface area contributed by atoms with Crippen molar-refractivity contribution in [1.82, 2.24) is 0 Å². The van der Waals surface area contributed by atoms with Gasteiger partial charge in [0.1, 0.15) is 6.10 Å². The van der Waals surface area contributed by atoms with Crippen LogP contribution in [0.3, 0.4) is 0 Å². The van der Waals surface area contributed by atoms with Crippen LogP contribution in [0, 0.1) is 13.3 Å². The van der Waals surface area contributed by atoms with Gasteiger partial charge in [-0.05, 0) is 24.1 Å². The van der Waals surface area contributed by atoms with Gasteiger partial charge in [0, 0.05) is 5.56 Å². The summed E-state index contributed by atoms with van der Waals surface area (Å²) < 4.78 is 30.3. The van der Waals surface area contributed by atoms with Gasteiger partial charge in [-0.15, -0.1) is 0 Å². The SMILES string of the molecule is Cc1ccc(C(F)F)cc1C1OC[CH]C1=O. The molecule has 0 amide bonds. The van der Waals surface area contributed by atoms with E-state index in [-0.39, 0.29) is 18.0 Å². The molecule has 1 fully saturated rings. The van der Waals surface area contributed by atoms with Gasteiger partial charge >= 0.3 is 0 Å². The van der Waals surface area contributed by atoms with Crippen molar-refractivity contribution in [3.63, 3.8) is 0 Å². The van der Waals surface area contributed by atoms with Gasteiger partial charge in [0.2, 0.25) is 0 Å². The van der Waals surface area contributed by atoms with E-state index in [1.54, 1.807) is 13.0 Å². The van der Waals surface area contributed by atoms with E-state index in [1.807, 2.05) is 0 Å². The molecule has 1 unspecified atom stereocenters. The van der Waals surface area contributed by atoms with Gasteiger partial charge in [0.15, 0.2) is 5.78 Å². The largest absolute Gasteiger partial charge is 0.365 e. The molecule has 0 aliphatic carbocycles.